The third-order valence-corrected chi connectivity index (χ3v) is 5.40. The minimum absolute atomic E-state index is 0.194. The number of rotatable bonds is 4. The summed E-state index contributed by atoms with van der Waals surface area (Å²) < 4.78 is 0. The molecule has 3 rings (SSSR count). The summed E-state index contributed by atoms with van der Waals surface area (Å²) in [6.07, 6.45) is 0. The molecule has 0 aromatic heterocycles. The Morgan fingerprint density at radius 2 is 0.970 bits per heavy atom. The van der Waals surface area contributed by atoms with Crippen LogP contribution in [0.25, 0.3) is 0 Å². The van der Waals surface area contributed by atoms with Gasteiger partial charge in [0.15, 0.2) is 0 Å². The van der Waals surface area contributed by atoms with E-state index in [2.05, 4.69) is 104 Å². The second-order valence-corrected chi connectivity index (χ2v) is 10.2. The van der Waals surface area contributed by atoms with Gasteiger partial charge in [0.05, 0.1) is 11.4 Å². The van der Waals surface area contributed by atoms with E-state index in [-0.39, 0.29) is 13.1 Å². The fourth-order valence-corrected chi connectivity index (χ4v) is 4.04. The van der Waals surface area contributed by atoms with Crippen molar-refractivity contribution in [1.29, 1.82) is 0 Å². The zero-order valence-corrected chi connectivity index (χ0v) is 23.2. The maximum absolute atomic E-state index is 4.94. The van der Waals surface area contributed by atoms with Gasteiger partial charge in [-0.05, 0) is 89.1 Å². The molecule has 0 saturated carbocycles. The Morgan fingerprint density at radius 1 is 0.667 bits per heavy atom. The number of nitrogens with zero attached hydrogens (tertiary/aromatic N) is 2. The van der Waals surface area contributed by atoms with E-state index < -0.39 is 0 Å². The molecule has 0 aliphatic heterocycles. The van der Waals surface area contributed by atoms with Crippen LogP contribution in [0.1, 0.15) is 58.4 Å². The Bertz CT molecular complexity index is 1060. The zero-order chi connectivity index (χ0) is 24.7. The summed E-state index contributed by atoms with van der Waals surface area (Å²) in [5.41, 5.74) is 13.4. The topological polar surface area (TPSA) is 24.7 Å². The van der Waals surface area contributed by atoms with Crippen LogP contribution in [0.2, 0.25) is 0 Å². The van der Waals surface area contributed by atoms with Gasteiger partial charge >= 0.3 is 33.3 Å². The molecule has 0 bridgehead atoms. The van der Waals surface area contributed by atoms with E-state index in [0.29, 0.717) is 0 Å². The van der Waals surface area contributed by atoms with E-state index in [1.54, 1.807) is 0 Å². The first kappa shape index (κ1) is 27.3. The second-order valence-electron chi connectivity index (χ2n) is 8.42. The summed E-state index contributed by atoms with van der Waals surface area (Å²) in [7, 11) is 9.53. The van der Waals surface area contributed by atoms with Crippen molar-refractivity contribution in [3.05, 3.63) is 93.0 Å². The van der Waals surface area contributed by atoms with Crippen LogP contribution >= 0.6 is 20.2 Å². The van der Waals surface area contributed by atoms with Gasteiger partial charge in [0.1, 0.15) is 0 Å². The molecule has 0 fully saturated rings. The average molecular weight is 522 g/mol. The van der Waals surface area contributed by atoms with Crippen LogP contribution in [0.15, 0.2) is 52.4 Å². The molecule has 0 saturated heterocycles. The van der Waals surface area contributed by atoms with Crippen molar-refractivity contribution in [2.45, 2.75) is 55.4 Å². The summed E-state index contributed by atoms with van der Waals surface area (Å²) in [5.74, 6) is 0. The monoisotopic (exact) mass is 521 g/mol. The van der Waals surface area contributed by atoms with E-state index in [1.807, 2.05) is 0 Å². The van der Waals surface area contributed by atoms with E-state index >= 15 is 0 Å². The van der Waals surface area contributed by atoms with E-state index in [0.717, 1.165) is 33.9 Å². The molecule has 0 aliphatic carbocycles. The quantitative estimate of drug-likeness (QED) is 0.186. The SMILES string of the molecule is CC(=Nc1c(C)cc(C)cc1C)c1[c-]c(C(C)=Nc2c(C)cc(C)cc2C)ccc1.[Cl][Fe+][Cl]. The maximum atomic E-state index is 4.94. The number of hydrogen-bond acceptors (Lipinski definition) is 2. The van der Waals surface area contributed by atoms with Gasteiger partial charge in [0.25, 0.3) is 0 Å². The molecule has 175 valence electrons. The van der Waals surface area contributed by atoms with Crippen LogP contribution in [0.4, 0.5) is 11.4 Å². The molecular formula is C28H31Cl2FeN2. The molecule has 0 spiro atoms. The third kappa shape index (κ3) is 7.55. The van der Waals surface area contributed by atoms with Gasteiger partial charge < -0.3 is 0 Å². The third-order valence-electron chi connectivity index (χ3n) is 5.40. The molecule has 0 radical (unpaired) electrons. The molecule has 3 aromatic carbocycles. The molecule has 0 unspecified atom stereocenters. The summed E-state index contributed by atoms with van der Waals surface area (Å²) in [5, 5.41) is 0. The summed E-state index contributed by atoms with van der Waals surface area (Å²) >= 11 is 0.194. The zero-order valence-electron chi connectivity index (χ0n) is 20.5. The van der Waals surface area contributed by atoms with Crippen LogP contribution in [-0.2, 0) is 13.1 Å². The van der Waals surface area contributed by atoms with E-state index in [4.69, 9.17) is 30.2 Å². The van der Waals surface area contributed by atoms with Gasteiger partial charge in [-0.3, -0.25) is 9.98 Å². The molecule has 0 N–H and O–H groups in total. The van der Waals surface area contributed by atoms with Crippen molar-refractivity contribution in [3.8, 4) is 0 Å². The van der Waals surface area contributed by atoms with E-state index in [1.165, 1.54) is 33.4 Å². The molecule has 0 heterocycles. The average Bonchev–Trinajstić information content (AvgIpc) is 2.73. The molecular weight excluding hydrogens is 491 g/mol. The number of hydrogen-bond donors (Lipinski definition) is 0. The van der Waals surface area contributed by atoms with Crippen molar-refractivity contribution < 1.29 is 13.1 Å². The van der Waals surface area contributed by atoms with Gasteiger partial charge in [-0.1, -0.05) is 35.4 Å². The number of aliphatic imine (C=N–C) groups is 2. The number of aryl methyl sites for hydroxylation is 6. The van der Waals surface area contributed by atoms with Crippen LogP contribution in [0.3, 0.4) is 0 Å². The molecule has 33 heavy (non-hydrogen) atoms. The fraction of sp³-hybridized carbons (Fsp3) is 0.286. The first-order valence-corrected chi connectivity index (χ1v) is 13.8. The Labute approximate surface area is 213 Å². The van der Waals surface area contributed by atoms with Crippen LogP contribution in [-0.4, -0.2) is 11.4 Å². The minimum atomic E-state index is 0.194. The second kappa shape index (κ2) is 12.5. The first-order valence-electron chi connectivity index (χ1n) is 10.7. The molecule has 3 aromatic rings. The standard InChI is InChI=1S/C28H31N2.2ClH.Fe/c1-17-12-19(3)27(20(4)13-17)29-23(7)25-10-9-11-26(16-25)24(8)30-28-21(5)14-18(2)15-22(28)6;;;/h9-15H,1-8H3;2*1H;/q-1;;;+3/p-2. The summed E-state index contributed by atoms with van der Waals surface area (Å²) in [6, 6.07) is 18.4. The molecule has 2 nitrogen and oxygen atoms in total. The van der Waals surface area contributed by atoms with Crippen molar-refractivity contribution in [2.75, 3.05) is 0 Å². The fourth-order valence-electron chi connectivity index (χ4n) is 4.04. The molecule has 0 atom stereocenters. The Kier molecular flexibility index (Phi) is 10.4. The van der Waals surface area contributed by atoms with Crippen LogP contribution in [0, 0.1) is 47.6 Å². The van der Waals surface area contributed by atoms with Crippen molar-refractivity contribution in [1.82, 2.24) is 0 Å². The molecule has 0 amide bonds. The van der Waals surface area contributed by atoms with Gasteiger partial charge in [0.2, 0.25) is 0 Å². The van der Waals surface area contributed by atoms with Gasteiger partial charge in [0, 0.05) is 0 Å². The van der Waals surface area contributed by atoms with Crippen LogP contribution in [0.5, 0.6) is 0 Å². The first-order chi connectivity index (χ1) is 15.6. The van der Waals surface area contributed by atoms with Crippen molar-refractivity contribution in [3.63, 3.8) is 0 Å². The predicted octanol–water partition coefficient (Wildman–Crippen LogP) is 9.00. The molecule has 0 aliphatic rings. The Balaban J connectivity index is 0.00000122. The van der Waals surface area contributed by atoms with Gasteiger partial charge in [-0.15, -0.1) is 35.4 Å². The van der Waals surface area contributed by atoms with Gasteiger partial charge in [-0.25, -0.2) is 0 Å². The van der Waals surface area contributed by atoms with Crippen molar-refractivity contribution >= 4 is 43.0 Å². The van der Waals surface area contributed by atoms with E-state index in [9.17, 15) is 0 Å². The summed E-state index contributed by atoms with van der Waals surface area (Å²) in [6.45, 7) is 16.8. The normalized spacial score (nSPS) is 11.8. The Hall–Kier alpha value is -1.90. The Morgan fingerprint density at radius 3 is 1.27 bits per heavy atom. The predicted molar refractivity (Wildman–Crippen MR) is 142 cm³/mol. The van der Waals surface area contributed by atoms with Gasteiger partial charge in [-0.2, -0.15) is 0 Å². The summed E-state index contributed by atoms with van der Waals surface area (Å²) in [4.78, 5) is 9.87. The van der Waals surface area contributed by atoms with Crippen molar-refractivity contribution in [2.24, 2.45) is 9.98 Å². The number of halogens is 2. The number of benzene rings is 3. The van der Waals surface area contributed by atoms with Crippen LogP contribution < -0.4 is 0 Å². The molecule has 5 heteroatoms.